The average molecular weight is 437 g/mol. The summed E-state index contributed by atoms with van der Waals surface area (Å²) in [6.45, 7) is 2.06. The summed E-state index contributed by atoms with van der Waals surface area (Å²) in [7, 11) is 0. The third-order valence-corrected chi connectivity index (χ3v) is 5.61. The maximum Gasteiger partial charge on any atom is 0.338 e. The number of carbonyl (C=O) groups excluding carboxylic acids is 2. The van der Waals surface area contributed by atoms with Crippen LogP contribution in [0.15, 0.2) is 60.1 Å². The van der Waals surface area contributed by atoms with Gasteiger partial charge in [0, 0.05) is 34.9 Å². The molecule has 0 unspecified atom stereocenters. The molecule has 2 heterocycles. The third-order valence-electron chi connectivity index (χ3n) is 4.72. The first-order valence-electron chi connectivity index (χ1n) is 9.82. The number of imidazole rings is 1. The standard InChI is InChI=1S/C23H20FN3O3S/c1-2-30-22(29)15-7-9-16(10-8-15)25-21(28)12-11-17-14-31-23-26-20(13-27(17)23)18-5-3-4-6-19(18)24/h3-10,13-14H,2,11-12H2,1H3,(H,25,28). The molecule has 8 heteroatoms. The number of fused-ring (bicyclic) bond motifs is 1. The number of rotatable bonds is 7. The van der Waals surface area contributed by atoms with Crippen molar-refractivity contribution in [2.45, 2.75) is 19.8 Å². The predicted octanol–water partition coefficient (Wildman–Crippen LogP) is 4.95. The Morgan fingerprint density at radius 1 is 1.16 bits per heavy atom. The Morgan fingerprint density at radius 3 is 2.68 bits per heavy atom. The summed E-state index contributed by atoms with van der Waals surface area (Å²) < 4.78 is 20.9. The van der Waals surface area contributed by atoms with Crippen LogP contribution < -0.4 is 5.32 Å². The van der Waals surface area contributed by atoms with Crippen molar-refractivity contribution >= 4 is 33.9 Å². The number of nitrogens with one attached hydrogen (secondary N) is 1. The minimum atomic E-state index is -0.392. The Bertz CT molecular complexity index is 1230. The number of thiazole rings is 1. The molecular weight excluding hydrogens is 417 g/mol. The Balaban J connectivity index is 1.39. The fraction of sp³-hybridized carbons (Fsp3) is 0.174. The van der Waals surface area contributed by atoms with Crippen LogP contribution in [-0.4, -0.2) is 27.9 Å². The molecular formula is C23H20FN3O3S. The number of anilines is 1. The predicted molar refractivity (Wildman–Crippen MR) is 118 cm³/mol. The van der Waals surface area contributed by atoms with Crippen LogP contribution in [0.5, 0.6) is 0 Å². The van der Waals surface area contributed by atoms with Crippen molar-refractivity contribution in [3.05, 3.63) is 77.2 Å². The second kappa shape index (κ2) is 9.09. The number of amides is 1. The van der Waals surface area contributed by atoms with Crippen molar-refractivity contribution in [1.29, 1.82) is 0 Å². The molecule has 0 spiro atoms. The number of halogens is 1. The van der Waals surface area contributed by atoms with Crippen molar-refractivity contribution in [2.75, 3.05) is 11.9 Å². The molecule has 0 bridgehead atoms. The number of aromatic nitrogens is 2. The molecule has 0 aliphatic carbocycles. The number of ether oxygens (including phenoxy) is 1. The highest BCUT2D eigenvalue weighted by Gasteiger charge is 2.13. The third kappa shape index (κ3) is 4.64. The lowest BCUT2D eigenvalue weighted by Gasteiger charge is -2.06. The Labute approximate surface area is 182 Å². The number of carbonyl (C=O) groups is 2. The van der Waals surface area contributed by atoms with Crippen LogP contribution in [0.25, 0.3) is 16.2 Å². The zero-order valence-corrected chi connectivity index (χ0v) is 17.6. The highest BCUT2D eigenvalue weighted by atomic mass is 32.1. The first-order valence-corrected chi connectivity index (χ1v) is 10.7. The van der Waals surface area contributed by atoms with E-state index in [4.69, 9.17) is 4.74 Å². The maximum atomic E-state index is 14.1. The van der Waals surface area contributed by atoms with Gasteiger partial charge in [-0.2, -0.15) is 0 Å². The van der Waals surface area contributed by atoms with Gasteiger partial charge in [0.05, 0.1) is 17.9 Å². The van der Waals surface area contributed by atoms with Crippen molar-refractivity contribution < 1.29 is 18.7 Å². The molecule has 31 heavy (non-hydrogen) atoms. The van der Waals surface area contributed by atoms with Crippen LogP contribution in [0.4, 0.5) is 10.1 Å². The van der Waals surface area contributed by atoms with Crippen LogP contribution in [0.1, 0.15) is 29.4 Å². The lowest BCUT2D eigenvalue weighted by atomic mass is 10.1. The van der Waals surface area contributed by atoms with E-state index in [1.165, 1.54) is 17.4 Å². The first-order chi connectivity index (χ1) is 15.0. The molecule has 0 saturated heterocycles. The largest absolute Gasteiger partial charge is 0.462 e. The van der Waals surface area contributed by atoms with Gasteiger partial charge in [0.15, 0.2) is 4.96 Å². The van der Waals surface area contributed by atoms with E-state index in [0.29, 0.717) is 35.5 Å². The van der Waals surface area contributed by atoms with Gasteiger partial charge in [0.25, 0.3) is 0 Å². The van der Waals surface area contributed by atoms with E-state index in [2.05, 4.69) is 10.3 Å². The van der Waals surface area contributed by atoms with Gasteiger partial charge in [-0.1, -0.05) is 12.1 Å². The second-order valence-electron chi connectivity index (χ2n) is 6.83. The lowest BCUT2D eigenvalue weighted by Crippen LogP contribution is -2.13. The zero-order valence-electron chi connectivity index (χ0n) is 16.8. The minimum Gasteiger partial charge on any atom is -0.462 e. The number of esters is 1. The molecule has 6 nitrogen and oxygen atoms in total. The average Bonchev–Trinajstić information content (AvgIpc) is 3.34. The van der Waals surface area contributed by atoms with Crippen LogP contribution in [-0.2, 0) is 16.0 Å². The van der Waals surface area contributed by atoms with Crippen LogP contribution in [0.3, 0.4) is 0 Å². The molecule has 4 rings (SSSR count). The zero-order chi connectivity index (χ0) is 21.8. The van der Waals surface area contributed by atoms with Gasteiger partial charge in [-0.25, -0.2) is 14.2 Å². The van der Waals surface area contributed by atoms with Gasteiger partial charge >= 0.3 is 5.97 Å². The number of nitrogens with zero attached hydrogens (tertiary/aromatic N) is 2. The fourth-order valence-corrected chi connectivity index (χ4v) is 4.08. The minimum absolute atomic E-state index is 0.141. The van der Waals surface area contributed by atoms with E-state index in [0.717, 1.165) is 10.7 Å². The van der Waals surface area contributed by atoms with E-state index in [9.17, 15) is 14.0 Å². The highest BCUT2D eigenvalue weighted by molar-refractivity contribution is 7.15. The first kappa shape index (κ1) is 20.7. The van der Waals surface area contributed by atoms with E-state index in [-0.39, 0.29) is 18.1 Å². The van der Waals surface area contributed by atoms with Crippen LogP contribution >= 0.6 is 11.3 Å². The van der Waals surface area contributed by atoms with Crippen LogP contribution in [0.2, 0.25) is 0 Å². The number of hydrogen-bond donors (Lipinski definition) is 1. The van der Waals surface area contributed by atoms with Gasteiger partial charge in [-0.3, -0.25) is 9.20 Å². The van der Waals surface area contributed by atoms with Crippen molar-refractivity contribution in [3.8, 4) is 11.3 Å². The Morgan fingerprint density at radius 2 is 1.94 bits per heavy atom. The monoisotopic (exact) mass is 437 g/mol. The van der Waals surface area contributed by atoms with E-state index < -0.39 is 5.97 Å². The van der Waals surface area contributed by atoms with Gasteiger partial charge < -0.3 is 10.1 Å². The number of benzene rings is 2. The Kier molecular flexibility index (Phi) is 6.08. The van der Waals surface area contributed by atoms with Crippen molar-refractivity contribution in [3.63, 3.8) is 0 Å². The van der Waals surface area contributed by atoms with E-state index >= 15 is 0 Å². The molecule has 0 fully saturated rings. The summed E-state index contributed by atoms with van der Waals surface area (Å²) in [5, 5.41) is 4.78. The lowest BCUT2D eigenvalue weighted by molar-refractivity contribution is -0.116. The van der Waals surface area contributed by atoms with Crippen molar-refractivity contribution in [2.24, 2.45) is 0 Å². The number of aryl methyl sites for hydroxylation is 1. The summed E-state index contributed by atoms with van der Waals surface area (Å²) in [4.78, 5) is 29.3. The summed E-state index contributed by atoms with van der Waals surface area (Å²) in [6, 6.07) is 13.1. The smallest absolute Gasteiger partial charge is 0.338 e. The molecule has 4 aromatic rings. The molecule has 1 N–H and O–H groups in total. The number of hydrogen-bond acceptors (Lipinski definition) is 5. The molecule has 0 aliphatic heterocycles. The molecule has 0 aliphatic rings. The summed E-state index contributed by atoms with van der Waals surface area (Å²) in [5.74, 6) is -0.849. The van der Waals surface area contributed by atoms with E-state index in [1.54, 1.807) is 55.6 Å². The summed E-state index contributed by atoms with van der Waals surface area (Å²) >= 11 is 1.45. The van der Waals surface area contributed by atoms with Gasteiger partial charge in [0.1, 0.15) is 5.82 Å². The molecule has 2 aromatic heterocycles. The highest BCUT2D eigenvalue weighted by Crippen LogP contribution is 2.26. The molecule has 0 atom stereocenters. The fourth-order valence-electron chi connectivity index (χ4n) is 3.18. The summed E-state index contributed by atoms with van der Waals surface area (Å²) in [6.07, 6.45) is 2.59. The van der Waals surface area contributed by atoms with E-state index in [1.807, 2.05) is 9.78 Å². The topological polar surface area (TPSA) is 72.7 Å². The quantitative estimate of drug-likeness (QED) is 0.415. The maximum absolute atomic E-state index is 14.1. The molecule has 2 aromatic carbocycles. The second-order valence-corrected chi connectivity index (χ2v) is 7.67. The van der Waals surface area contributed by atoms with Gasteiger partial charge in [-0.05, 0) is 49.7 Å². The summed E-state index contributed by atoms with van der Waals surface area (Å²) in [5.41, 5.74) is 3.00. The molecule has 1 amide bonds. The molecule has 0 radical (unpaired) electrons. The van der Waals surface area contributed by atoms with Crippen LogP contribution in [0, 0.1) is 5.82 Å². The molecule has 158 valence electrons. The Hall–Kier alpha value is -3.52. The van der Waals surface area contributed by atoms with Crippen molar-refractivity contribution in [1.82, 2.24) is 9.38 Å². The molecule has 0 saturated carbocycles. The van der Waals surface area contributed by atoms with Gasteiger partial charge in [0.2, 0.25) is 5.91 Å². The normalized spacial score (nSPS) is 10.9. The van der Waals surface area contributed by atoms with Gasteiger partial charge in [-0.15, -0.1) is 11.3 Å². The SMILES string of the molecule is CCOC(=O)c1ccc(NC(=O)CCc2csc3nc(-c4ccccc4F)cn23)cc1.